The number of rotatable bonds is 2. The second-order valence-corrected chi connectivity index (χ2v) is 4.61. The van der Waals surface area contributed by atoms with Crippen LogP contribution >= 0.6 is 11.6 Å². The highest BCUT2D eigenvalue weighted by atomic mass is 35.5. The minimum atomic E-state index is -4.67. The molecular weight excluding hydrogens is 299 g/mol. The Morgan fingerprint density at radius 1 is 1.50 bits per heavy atom. The number of alkyl halides is 3. The van der Waals surface area contributed by atoms with Crippen molar-refractivity contribution in [2.24, 2.45) is 0 Å². The van der Waals surface area contributed by atoms with E-state index in [9.17, 15) is 18.0 Å². The summed E-state index contributed by atoms with van der Waals surface area (Å²) in [4.78, 5) is 20.0. The average molecular weight is 310 g/mol. The standard InChI is InChI=1S/C11H11ClF3N3O2/c1-20-10(19)6-3-2-4-18(6)9-7(12)8(11(13,14)15)16-5-17-9/h5-6H,2-4H2,1H3. The quantitative estimate of drug-likeness (QED) is 0.785. The van der Waals surface area contributed by atoms with Crippen LogP contribution in [0.3, 0.4) is 0 Å². The number of carbonyl (C=O) groups is 1. The van der Waals surface area contributed by atoms with Crippen LogP contribution in [-0.2, 0) is 15.7 Å². The lowest BCUT2D eigenvalue weighted by molar-refractivity contribution is -0.142. The van der Waals surface area contributed by atoms with E-state index < -0.39 is 28.9 Å². The van der Waals surface area contributed by atoms with Gasteiger partial charge in [0.15, 0.2) is 11.5 Å². The summed E-state index contributed by atoms with van der Waals surface area (Å²) in [6.07, 6.45) is -2.76. The molecule has 2 rings (SSSR count). The maximum atomic E-state index is 12.8. The van der Waals surface area contributed by atoms with Crippen LogP contribution < -0.4 is 4.90 Å². The normalized spacial score (nSPS) is 19.2. The Labute approximate surface area is 117 Å². The second-order valence-electron chi connectivity index (χ2n) is 4.23. The Bertz CT molecular complexity index is 524. The minimum absolute atomic E-state index is 0.0955. The van der Waals surface area contributed by atoms with E-state index in [4.69, 9.17) is 11.6 Å². The van der Waals surface area contributed by atoms with Gasteiger partial charge >= 0.3 is 12.1 Å². The number of hydrogen-bond donors (Lipinski definition) is 0. The van der Waals surface area contributed by atoms with Crippen LogP contribution in [0.25, 0.3) is 0 Å². The first kappa shape index (κ1) is 14.8. The number of carbonyl (C=O) groups excluding carboxylic acids is 1. The third-order valence-corrected chi connectivity index (χ3v) is 3.39. The highest BCUT2D eigenvalue weighted by Crippen LogP contribution is 2.38. The number of anilines is 1. The van der Waals surface area contributed by atoms with Gasteiger partial charge in [-0.2, -0.15) is 13.2 Å². The Kier molecular flexibility index (Phi) is 4.03. The van der Waals surface area contributed by atoms with Crippen molar-refractivity contribution < 1.29 is 22.7 Å². The molecule has 110 valence electrons. The van der Waals surface area contributed by atoms with Crippen molar-refractivity contribution >= 4 is 23.4 Å². The molecule has 1 aromatic heterocycles. The summed E-state index contributed by atoms with van der Waals surface area (Å²) in [6.45, 7) is 0.383. The molecule has 1 aromatic rings. The van der Waals surface area contributed by atoms with Crippen LogP contribution in [0.5, 0.6) is 0 Å². The molecule has 5 nitrogen and oxygen atoms in total. The van der Waals surface area contributed by atoms with Gasteiger partial charge in [-0.25, -0.2) is 14.8 Å². The summed E-state index contributed by atoms with van der Waals surface area (Å²) in [5.74, 6) is -0.618. The van der Waals surface area contributed by atoms with E-state index in [0.29, 0.717) is 19.4 Å². The lowest BCUT2D eigenvalue weighted by Gasteiger charge is -2.25. The molecule has 1 fully saturated rings. The summed E-state index contributed by atoms with van der Waals surface area (Å²) in [5, 5.41) is -0.601. The van der Waals surface area contributed by atoms with Gasteiger partial charge in [0.1, 0.15) is 17.4 Å². The SMILES string of the molecule is COC(=O)C1CCCN1c1ncnc(C(F)(F)F)c1Cl. The molecule has 1 saturated heterocycles. The fourth-order valence-electron chi connectivity index (χ4n) is 2.16. The lowest BCUT2D eigenvalue weighted by atomic mass is 10.2. The van der Waals surface area contributed by atoms with Crippen molar-refractivity contribution in [2.45, 2.75) is 25.1 Å². The van der Waals surface area contributed by atoms with Gasteiger partial charge in [0, 0.05) is 6.54 Å². The average Bonchev–Trinajstić information content (AvgIpc) is 2.85. The Balaban J connectivity index is 2.40. The smallest absolute Gasteiger partial charge is 0.435 e. The summed E-state index contributed by atoms with van der Waals surface area (Å²) >= 11 is 5.75. The van der Waals surface area contributed by atoms with Gasteiger partial charge in [-0.1, -0.05) is 11.6 Å². The van der Waals surface area contributed by atoms with E-state index in [1.165, 1.54) is 12.0 Å². The van der Waals surface area contributed by atoms with E-state index in [2.05, 4.69) is 14.7 Å². The molecule has 0 aromatic carbocycles. The molecule has 0 saturated carbocycles. The van der Waals surface area contributed by atoms with E-state index in [0.717, 1.165) is 6.33 Å². The zero-order valence-electron chi connectivity index (χ0n) is 10.4. The predicted octanol–water partition coefficient (Wildman–Crippen LogP) is 2.29. The number of aromatic nitrogens is 2. The molecule has 0 spiro atoms. The van der Waals surface area contributed by atoms with Crippen molar-refractivity contribution in [3.05, 3.63) is 17.0 Å². The van der Waals surface area contributed by atoms with Crippen LogP contribution in [0.15, 0.2) is 6.33 Å². The second kappa shape index (κ2) is 5.43. The van der Waals surface area contributed by atoms with Gasteiger partial charge in [-0.3, -0.25) is 0 Å². The Morgan fingerprint density at radius 3 is 2.80 bits per heavy atom. The summed E-state index contributed by atoms with van der Waals surface area (Å²) in [7, 11) is 1.22. The van der Waals surface area contributed by atoms with E-state index >= 15 is 0 Å². The molecule has 0 N–H and O–H groups in total. The monoisotopic (exact) mass is 309 g/mol. The zero-order chi connectivity index (χ0) is 14.9. The Morgan fingerprint density at radius 2 is 2.20 bits per heavy atom. The van der Waals surface area contributed by atoms with Crippen LogP contribution in [-0.4, -0.2) is 35.6 Å². The van der Waals surface area contributed by atoms with E-state index in [-0.39, 0.29) is 5.82 Å². The molecule has 1 aliphatic rings. The number of methoxy groups -OCH3 is 1. The first-order valence-corrected chi connectivity index (χ1v) is 6.16. The van der Waals surface area contributed by atoms with Gasteiger partial charge in [-0.15, -0.1) is 0 Å². The summed E-state index contributed by atoms with van der Waals surface area (Å²) in [5.41, 5.74) is -1.21. The van der Waals surface area contributed by atoms with Crippen molar-refractivity contribution in [2.75, 3.05) is 18.6 Å². The van der Waals surface area contributed by atoms with Gasteiger partial charge < -0.3 is 9.64 Å². The fourth-order valence-corrected chi connectivity index (χ4v) is 2.47. The lowest BCUT2D eigenvalue weighted by Crippen LogP contribution is -2.37. The minimum Gasteiger partial charge on any atom is -0.467 e. The molecule has 1 atom stereocenters. The molecule has 1 unspecified atom stereocenters. The van der Waals surface area contributed by atoms with Crippen molar-refractivity contribution in [1.82, 2.24) is 9.97 Å². The molecule has 9 heteroatoms. The molecular formula is C11H11ClF3N3O2. The maximum absolute atomic E-state index is 12.8. The first-order chi connectivity index (χ1) is 9.36. The van der Waals surface area contributed by atoms with E-state index in [1.807, 2.05) is 0 Å². The summed E-state index contributed by atoms with van der Waals surface area (Å²) < 4.78 is 42.9. The van der Waals surface area contributed by atoms with Crippen LogP contribution in [0, 0.1) is 0 Å². The zero-order valence-corrected chi connectivity index (χ0v) is 11.2. The van der Waals surface area contributed by atoms with Crippen LogP contribution in [0.2, 0.25) is 5.02 Å². The first-order valence-electron chi connectivity index (χ1n) is 5.78. The van der Waals surface area contributed by atoms with Gasteiger partial charge in [0.2, 0.25) is 0 Å². The van der Waals surface area contributed by atoms with Crippen molar-refractivity contribution in [3.8, 4) is 0 Å². The highest BCUT2D eigenvalue weighted by molar-refractivity contribution is 6.33. The summed E-state index contributed by atoms with van der Waals surface area (Å²) in [6, 6.07) is -0.673. The van der Waals surface area contributed by atoms with Gasteiger partial charge in [-0.05, 0) is 12.8 Å². The third kappa shape index (κ3) is 2.65. The van der Waals surface area contributed by atoms with Gasteiger partial charge in [0.25, 0.3) is 0 Å². The number of ether oxygens (including phenoxy) is 1. The molecule has 0 amide bonds. The molecule has 2 heterocycles. The number of hydrogen-bond acceptors (Lipinski definition) is 5. The third-order valence-electron chi connectivity index (χ3n) is 3.04. The molecule has 20 heavy (non-hydrogen) atoms. The van der Waals surface area contributed by atoms with Crippen LogP contribution in [0.1, 0.15) is 18.5 Å². The van der Waals surface area contributed by atoms with Crippen molar-refractivity contribution in [3.63, 3.8) is 0 Å². The number of esters is 1. The molecule has 1 aliphatic heterocycles. The topological polar surface area (TPSA) is 55.3 Å². The molecule has 0 aliphatic carbocycles. The Hall–Kier alpha value is -1.57. The fraction of sp³-hybridized carbons (Fsp3) is 0.545. The maximum Gasteiger partial charge on any atom is 0.435 e. The number of nitrogens with zero attached hydrogens (tertiary/aromatic N) is 3. The largest absolute Gasteiger partial charge is 0.467 e. The predicted molar refractivity (Wildman–Crippen MR) is 64.4 cm³/mol. The number of halogens is 4. The van der Waals surface area contributed by atoms with Crippen molar-refractivity contribution in [1.29, 1.82) is 0 Å². The molecule has 0 bridgehead atoms. The molecule has 0 radical (unpaired) electrons. The highest BCUT2D eigenvalue weighted by Gasteiger charge is 2.40. The van der Waals surface area contributed by atoms with Gasteiger partial charge in [0.05, 0.1) is 7.11 Å². The van der Waals surface area contributed by atoms with Crippen LogP contribution in [0.4, 0.5) is 19.0 Å². The van der Waals surface area contributed by atoms with E-state index in [1.54, 1.807) is 0 Å².